The molecule has 4 aromatic rings. The Balaban J connectivity index is 1.50. The molecule has 1 aliphatic rings. The van der Waals surface area contributed by atoms with Gasteiger partial charge in [0.05, 0.1) is 24.0 Å². The molecule has 2 aromatic carbocycles. The van der Waals surface area contributed by atoms with Crippen LogP contribution in [0.15, 0.2) is 59.7 Å². The van der Waals surface area contributed by atoms with Crippen LogP contribution in [0.25, 0.3) is 26.3 Å². The monoisotopic (exact) mass is 572 g/mol. The summed E-state index contributed by atoms with van der Waals surface area (Å²) < 4.78 is 35.7. The number of carbonyl (C=O) groups excluding carboxylic acids is 1. The molecule has 39 heavy (non-hydrogen) atoms. The highest BCUT2D eigenvalue weighted by Gasteiger charge is 2.38. The standard InChI is InChI=1S/C28H27ClF2N4O3S/c1-28(30,31)27(37)34(14-13-33-11-3-4-12-33)22-10-9-20(15-23(22)38-2)35-17-32-21-16-24(39-25(21)26(35)36)18-5-7-19(29)8-6-18/h5-10,15-17H,3-4,11-14H2,1-2H3. The van der Waals surface area contributed by atoms with Crippen molar-refractivity contribution in [3.05, 3.63) is 70.2 Å². The summed E-state index contributed by atoms with van der Waals surface area (Å²) in [7, 11) is 1.40. The van der Waals surface area contributed by atoms with Crippen LogP contribution in [-0.2, 0) is 4.79 Å². The molecular formula is C28H27ClF2N4O3S. The first kappa shape index (κ1) is 27.2. The Hall–Kier alpha value is -3.34. The van der Waals surface area contributed by atoms with Gasteiger partial charge >= 0.3 is 5.92 Å². The van der Waals surface area contributed by atoms with Gasteiger partial charge in [0.15, 0.2) is 0 Å². The van der Waals surface area contributed by atoms with Gasteiger partial charge in [0.1, 0.15) is 16.8 Å². The zero-order valence-electron chi connectivity index (χ0n) is 21.5. The van der Waals surface area contributed by atoms with E-state index in [0.29, 0.717) is 34.4 Å². The number of anilines is 1. The van der Waals surface area contributed by atoms with Gasteiger partial charge in [0.25, 0.3) is 11.5 Å². The molecule has 0 atom stereocenters. The number of benzene rings is 2. The zero-order chi connectivity index (χ0) is 27.7. The summed E-state index contributed by atoms with van der Waals surface area (Å²) in [5.41, 5.74) is 1.87. The van der Waals surface area contributed by atoms with Crippen molar-refractivity contribution in [1.29, 1.82) is 0 Å². The molecular weight excluding hydrogens is 546 g/mol. The van der Waals surface area contributed by atoms with Crippen LogP contribution in [0.2, 0.25) is 5.02 Å². The van der Waals surface area contributed by atoms with Crippen LogP contribution in [0.5, 0.6) is 5.75 Å². The van der Waals surface area contributed by atoms with E-state index >= 15 is 0 Å². The first-order valence-corrected chi connectivity index (χ1v) is 13.7. The van der Waals surface area contributed by atoms with E-state index in [-0.39, 0.29) is 23.5 Å². The molecule has 0 radical (unpaired) electrons. The van der Waals surface area contributed by atoms with Crippen molar-refractivity contribution in [2.24, 2.45) is 0 Å². The van der Waals surface area contributed by atoms with Crippen LogP contribution >= 0.6 is 22.9 Å². The molecule has 2 aromatic heterocycles. The lowest BCUT2D eigenvalue weighted by Gasteiger charge is -2.29. The van der Waals surface area contributed by atoms with Gasteiger partial charge in [0, 0.05) is 36.0 Å². The Morgan fingerprint density at radius 1 is 1.15 bits per heavy atom. The summed E-state index contributed by atoms with van der Waals surface area (Å²) in [6.45, 7) is 2.91. The van der Waals surface area contributed by atoms with E-state index in [1.54, 1.807) is 24.3 Å². The molecule has 3 heterocycles. The first-order chi connectivity index (χ1) is 18.7. The summed E-state index contributed by atoms with van der Waals surface area (Å²) in [4.78, 5) is 34.8. The number of ether oxygens (including phenoxy) is 1. The van der Waals surface area contributed by atoms with Crippen molar-refractivity contribution in [2.75, 3.05) is 38.2 Å². The average Bonchev–Trinajstić information content (AvgIpc) is 3.60. The van der Waals surface area contributed by atoms with Crippen molar-refractivity contribution in [2.45, 2.75) is 25.7 Å². The quantitative estimate of drug-likeness (QED) is 0.265. The summed E-state index contributed by atoms with van der Waals surface area (Å²) in [5.74, 6) is -4.66. The topological polar surface area (TPSA) is 67.7 Å². The van der Waals surface area contributed by atoms with E-state index in [0.717, 1.165) is 41.3 Å². The summed E-state index contributed by atoms with van der Waals surface area (Å²) in [6.07, 6.45) is 3.52. The number of rotatable bonds is 8. The Morgan fingerprint density at radius 2 is 1.87 bits per heavy atom. The smallest absolute Gasteiger partial charge is 0.322 e. The molecule has 204 valence electrons. The number of hydrogen-bond acceptors (Lipinski definition) is 6. The van der Waals surface area contributed by atoms with E-state index < -0.39 is 11.8 Å². The second-order valence-corrected chi connectivity index (χ2v) is 11.0. The van der Waals surface area contributed by atoms with Crippen LogP contribution in [-0.4, -0.2) is 59.6 Å². The number of amides is 1. The van der Waals surface area contributed by atoms with Crippen molar-refractivity contribution < 1.29 is 18.3 Å². The molecule has 0 N–H and O–H groups in total. The van der Waals surface area contributed by atoms with Crippen LogP contribution in [0.4, 0.5) is 14.5 Å². The third-order valence-corrected chi connectivity index (χ3v) is 8.17. The van der Waals surface area contributed by atoms with Gasteiger partial charge < -0.3 is 14.5 Å². The van der Waals surface area contributed by atoms with Crippen molar-refractivity contribution in [3.63, 3.8) is 0 Å². The molecule has 1 fully saturated rings. The fraction of sp³-hybridized carbons (Fsp3) is 0.321. The number of alkyl halides is 2. The zero-order valence-corrected chi connectivity index (χ0v) is 23.1. The van der Waals surface area contributed by atoms with Crippen molar-refractivity contribution in [3.8, 4) is 21.9 Å². The minimum absolute atomic E-state index is 0.0914. The number of likely N-dealkylation sites (tertiary alicyclic amines) is 1. The maximum Gasteiger partial charge on any atom is 0.322 e. The SMILES string of the molecule is COc1cc(-n2cnc3cc(-c4ccc(Cl)cc4)sc3c2=O)ccc1N(CCN1CCCC1)C(=O)C(C)(F)F. The third kappa shape index (κ3) is 5.68. The van der Waals surface area contributed by atoms with Gasteiger partial charge in [-0.2, -0.15) is 8.78 Å². The number of hydrogen-bond donors (Lipinski definition) is 0. The van der Waals surface area contributed by atoms with E-state index in [4.69, 9.17) is 16.3 Å². The first-order valence-electron chi connectivity index (χ1n) is 12.5. The highest BCUT2D eigenvalue weighted by Crippen LogP contribution is 2.34. The third-order valence-electron chi connectivity index (χ3n) is 6.76. The van der Waals surface area contributed by atoms with Gasteiger partial charge in [-0.3, -0.25) is 14.2 Å². The molecule has 0 bridgehead atoms. The highest BCUT2D eigenvalue weighted by molar-refractivity contribution is 7.22. The van der Waals surface area contributed by atoms with Gasteiger partial charge in [0.2, 0.25) is 0 Å². The normalized spacial score (nSPS) is 14.2. The van der Waals surface area contributed by atoms with E-state index in [1.807, 2.05) is 18.2 Å². The molecule has 1 amide bonds. The number of fused-ring (bicyclic) bond motifs is 1. The van der Waals surface area contributed by atoms with E-state index in [2.05, 4.69) is 9.88 Å². The largest absolute Gasteiger partial charge is 0.494 e. The lowest BCUT2D eigenvalue weighted by molar-refractivity contribution is -0.140. The average molecular weight is 573 g/mol. The lowest BCUT2D eigenvalue weighted by atomic mass is 10.2. The second-order valence-electron chi connectivity index (χ2n) is 9.50. The molecule has 11 heteroatoms. The predicted molar refractivity (Wildman–Crippen MR) is 151 cm³/mol. The molecule has 0 unspecified atom stereocenters. The number of thiophene rings is 1. The fourth-order valence-electron chi connectivity index (χ4n) is 4.71. The number of carbonyl (C=O) groups is 1. The maximum absolute atomic E-state index is 14.2. The van der Waals surface area contributed by atoms with Gasteiger partial charge in [-0.1, -0.05) is 23.7 Å². The fourth-order valence-corrected chi connectivity index (χ4v) is 5.88. The predicted octanol–water partition coefficient (Wildman–Crippen LogP) is 5.86. The van der Waals surface area contributed by atoms with E-state index in [1.165, 1.54) is 35.4 Å². The summed E-state index contributed by atoms with van der Waals surface area (Å²) in [5, 5.41) is 0.622. The molecule has 5 rings (SSSR count). The molecule has 1 aliphatic heterocycles. The minimum atomic E-state index is -3.55. The van der Waals surface area contributed by atoms with E-state index in [9.17, 15) is 18.4 Å². The Kier molecular flexibility index (Phi) is 7.70. The summed E-state index contributed by atoms with van der Waals surface area (Å²) >= 11 is 7.32. The van der Waals surface area contributed by atoms with Gasteiger partial charge in [-0.15, -0.1) is 11.3 Å². The Bertz CT molecular complexity index is 1560. The van der Waals surface area contributed by atoms with Crippen molar-refractivity contribution >= 4 is 44.7 Å². The molecule has 0 saturated carbocycles. The summed E-state index contributed by atoms with van der Waals surface area (Å²) in [6, 6.07) is 13.9. The molecule has 0 spiro atoms. The molecule has 7 nitrogen and oxygen atoms in total. The lowest BCUT2D eigenvalue weighted by Crippen LogP contribution is -2.45. The Morgan fingerprint density at radius 3 is 2.54 bits per heavy atom. The van der Waals surface area contributed by atoms with Crippen LogP contribution in [0.3, 0.4) is 0 Å². The van der Waals surface area contributed by atoms with Gasteiger partial charge in [-0.05, 0) is 61.8 Å². The minimum Gasteiger partial charge on any atom is -0.494 e. The molecule has 0 aliphatic carbocycles. The number of halogens is 3. The van der Waals surface area contributed by atoms with Crippen molar-refractivity contribution in [1.82, 2.24) is 14.5 Å². The van der Waals surface area contributed by atoms with Crippen LogP contribution in [0, 0.1) is 0 Å². The number of nitrogens with zero attached hydrogens (tertiary/aromatic N) is 4. The second kappa shape index (κ2) is 11.0. The maximum atomic E-state index is 14.2. The van der Waals surface area contributed by atoms with Crippen LogP contribution < -0.4 is 15.2 Å². The number of aromatic nitrogens is 2. The molecule has 1 saturated heterocycles. The number of methoxy groups -OCH3 is 1. The van der Waals surface area contributed by atoms with Gasteiger partial charge in [-0.25, -0.2) is 4.98 Å². The highest BCUT2D eigenvalue weighted by atomic mass is 35.5. The Labute approximate surface area is 233 Å². The van der Waals surface area contributed by atoms with Crippen LogP contribution in [0.1, 0.15) is 19.8 Å².